The fraction of sp³-hybridized carbons (Fsp3) is 0.417. The van der Waals surface area contributed by atoms with Crippen molar-refractivity contribution in [2.24, 2.45) is 5.73 Å². The van der Waals surface area contributed by atoms with Gasteiger partial charge in [0.25, 0.3) is 0 Å². The summed E-state index contributed by atoms with van der Waals surface area (Å²) in [6.45, 7) is 1.46. The van der Waals surface area contributed by atoms with Gasteiger partial charge in [-0.3, -0.25) is 4.79 Å². The van der Waals surface area contributed by atoms with Gasteiger partial charge in [0.2, 0.25) is 5.91 Å². The molecule has 1 aromatic carbocycles. The first-order valence-electron chi connectivity index (χ1n) is 5.73. The monoisotopic (exact) mass is 237 g/mol. The van der Waals surface area contributed by atoms with Crippen LogP contribution in [0.15, 0.2) is 18.2 Å². The summed E-state index contributed by atoms with van der Waals surface area (Å²) in [6.07, 6.45) is 2.48. The van der Waals surface area contributed by atoms with Gasteiger partial charge in [-0.15, -0.1) is 0 Å². The Morgan fingerprint density at radius 3 is 2.76 bits per heavy atom. The standard InChI is InChI=1S/C12H16FN3O/c13-10-7-8(12(14)17)1-4-11(10)16-6-5-15-9-2-3-9/h1,4,7,9,15-16H,2-3,5-6H2,(H2,14,17). The van der Waals surface area contributed by atoms with E-state index in [1.165, 1.54) is 25.0 Å². The van der Waals surface area contributed by atoms with Crippen molar-refractivity contribution in [3.63, 3.8) is 0 Å². The summed E-state index contributed by atoms with van der Waals surface area (Å²) in [6, 6.07) is 4.85. The number of nitrogens with two attached hydrogens (primary N) is 1. The van der Waals surface area contributed by atoms with Crippen molar-refractivity contribution in [2.75, 3.05) is 18.4 Å². The summed E-state index contributed by atoms with van der Waals surface area (Å²) in [7, 11) is 0. The van der Waals surface area contributed by atoms with E-state index >= 15 is 0 Å². The Morgan fingerprint density at radius 2 is 2.18 bits per heavy atom. The summed E-state index contributed by atoms with van der Waals surface area (Å²) in [5.74, 6) is -1.07. The van der Waals surface area contributed by atoms with Crippen LogP contribution < -0.4 is 16.4 Å². The number of amides is 1. The number of primary amides is 1. The van der Waals surface area contributed by atoms with Gasteiger partial charge >= 0.3 is 0 Å². The zero-order valence-electron chi connectivity index (χ0n) is 9.50. The minimum Gasteiger partial charge on any atom is -0.381 e. The number of halogens is 1. The van der Waals surface area contributed by atoms with E-state index in [4.69, 9.17) is 5.73 Å². The van der Waals surface area contributed by atoms with Crippen molar-refractivity contribution in [3.8, 4) is 0 Å². The summed E-state index contributed by atoms with van der Waals surface area (Å²) < 4.78 is 13.5. The number of nitrogens with one attached hydrogen (secondary N) is 2. The molecule has 1 aliphatic carbocycles. The van der Waals surface area contributed by atoms with E-state index in [-0.39, 0.29) is 5.56 Å². The van der Waals surface area contributed by atoms with Gasteiger partial charge in [0.1, 0.15) is 5.82 Å². The molecule has 0 aliphatic heterocycles. The maximum atomic E-state index is 13.5. The lowest BCUT2D eigenvalue weighted by molar-refractivity contribution is 0.1000. The van der Waals surface area contributed by atoms with Crippen molar-refractivity contribution in [2.45, 2.75) is 18.9 Å². The Bertz CT molecular complexity index is 418. The average Bonchev–Trinajstić information content (AvgIpc) is 3.09. The van der Waals surface area contributed by atoms with E-state index in [9.17, 15) is 9.18 Å². The Hall–Kier alpha value is -1.62. The van der Waals surface area contributed by atoms with Gasteiger partial charge in [-0.25, -0.2) is 4.39 Å². The first kappa shape index (κ1) is 11.9. The highest BCUT2D eigenvalue weighted by atomic mass is 19.1. The molecule has 0 atom stereocenters. The molecular formula is C12H16FN3O. The lowest BCUT2D eigenvalue weighted by Crippen LogP contribution is -2.24. The molecule has 5 heteroatoms. The van der Waals surface area contributed by atoms with Crippen LogP contribution in [0.5, 0.6) is 0 Å². The molecule has 0 unspecified atom stereocenters. The van der Waals surface area contributed by atoms with Crippen molar-refractivity contribution in [1.29, 1.82) is 0 Å². The molecule has 4 nitrogen and oxygen atoms in total. The van der Waals surface area contributed by atoms with E-state index in [1.807, 2.05) is 0 Å². The van der Waals surface area contributed by atoms with E-state index in [0.717, 1.165) is 12.6 Å². The second-order valence-corrected chi connectivity index (χ2v) is 4.21. The number of benzene rings is 1. The minimum absolute atomic E-state index is 0.184. The molecule has 1 saturated carbocycles. The molecule has 0 bridgehead atoms. The highest BCUT2D eigenvalue weighted by Crippen LogP contribution is 2.18. The van der Waals surface area contributed by atoms with Crippen LogP contribution in [0.2, 0.25) is 0 Å². The Morgan fingerprint density at radius 1 is 1.41 bits per heavy atom. The molecular weight excluding hydrogens is 221 g/mol. The van der Waals surface area contributed by atoms with Crippen LogP contribution >= 0.6 is 0 Å². The number of hydrogen-bond acceptors (Lipinski definition) is 3. The molecule has 1 aromatic rings. The smallest absolute Gasteiger partial charge is 0.248 e. The Labute approximate surface area is 99.4 Å². The highest BCUT2D eigenvalue weighted by molar-refractivity contribution is 5.93. The second kappa shape index (κ2) is 5.14. The van der Waals surface area contributed by atoms with Gasteiger partial charge in [-0.05, 0) is 31.0 Å². The van der Waals surface area contributed by atoms with Crippen LogP contribution in [0.3, 0.4) is 0 Å². The van der Waals surface area contributed by atoms with Crippen LogP contribution in [0.1, 0.15) is 23.2 Å². The molecule has 17 heavy (non-hydrogen) atoms. The zero-order chi connectivity index (χ0) is 12.3. The van der Waals surface area contributed by atoms with Crippen molar-refractivity contribution in [3.05, 3.63) is 29.6 Å². The predicted octanol–water partition coefficient (Wildman–Crippen LogP) is 1.09. The molecule has 0 heterocycles. The van der Waals surface area contributed by atoms with Crippen molar-refractivity contribution in [1.82, 2.24) is 5.32 Å². The van der Waals surface area contributed by atoms with Gasteiger partial charge < -0.3 is 16.4 Å². The van der Waals surface area contributed by atoms with Gasteiger partial charge in [0.05, 0.1) is 5.69 Å². The van der Waals surface area contributed by atoms with E-state index in [0.29, 0.717) is 18.3 Å². The molecule has 0 radical (unpaired) electrons. The van der Waals surface area contributed by atoms with E-state index in [2.05, 4.69) is 10.6 Å². The van der Waals surface area contributed by atoms with Gasteiger partial charge in [0.15, 0.2) is 0 Å². The molecule has 0 aromatic heterocycles. The highest BCUT2D eigenvalue weighted by Gasteiger charge is 2.19. The second-order valence-electron chi connectivity index (χ2n) is 4.21. The maximum absolute atomic E-state index is 13.5. The molecule has 1 fully saturated rings. The molecule has 0 spiro atoms. The molecule has 4 N–H and O–H groups in total. The normalized spacial score (nSPS) is 14.6. The first-order valence-corrected chi connectivity index (χ1v) is 5.73. The van der Waals surface area contributed by atoms with Crippen LogP contribution in [-0.2, 0) is 0 Å². The molecule has 1 amide bonds. The van der Waals surface area contributed by atoms with Crippen LogP contribution in [0, 0.1) is 5.82 Å². The number of hydrogen-bond donors (Lipinski definition) is 3. The van der Waals surface area contributed by atoms with Gasteiger partial charge in [-0.2, -0.15) is 0 Å². The maximum Gasteiger partial charge on any atom is 0.248 e. The summed E-state index contributed by atoms with van der Waals surface area (Å²) in [5, 5.41) is 6.29. The van der Waals surface area contributed by atoms with Crippen LogP contribution in [-0.4, -0.2) is 25.0 Å². The lowest BCUT2D eigenvalue weighted by Gasteiger charge is -2.08. The minimum atomic E-state index is -0.620. The predicted molar refractivity (Wildman–Crippen MR) is 64.4 cm³/mol. The largest absolute Gasteiger partial charge is 0.381 e. The van der Waals surface area contributed by atoms with Crippen molar-refractivity contribution < 1.29 is 9.18 Å². The van der Waals surface area contributed by atoms with Gasteiger partial charge in [0, 0.05) is 24.7 Å². The van der Waals surface area contributed by atoms with E-state index in [1.54, 1.807) is 0 Å². The molecule has 1 aliphatic rings. The Balaban J connectivity index is 1.84. The quantitative estimate of drug-likeness (QED) is 0.649. The fourth-order valence-corrected chi connectivity index (χ4v) is 1.57. The molecule has 0 saturated heterocycles. The fourth-order valence-electron chi connectivity index (χ4n) is 1.57. The number of rotatable bonds is 6. The third-order valence-corrected chi connectivity index (χ3v) is 2.70. The number of carbonyl (C=O) groups excluding carboxylic acids is 1. The average molecular weight is 237 g/mol. The third-order valence-electron chi connectivity index (χ3n) is 2.70. The third kappa shape index (κ3) is 3.42. The van der Waals surface area contributed by atoms with Crippen LogP contribution in [0.4, 0.5) is 10.1 Å². The SMILES string of the molecule is NC(=O)c1ccc(NCCNC2CC2)c(F)c1. The summed E-state index contributed by atoms with van der Waals surface area (Å²) in [4.78, 5) is 10.8. The summed E-state index contributed by atoms with van der Waals surface area (Å²) >= 11 is 0. The summed E-state index contributed by atoms with van der Waals surface area (Å²) in [5.41, 5.74) is 5.64. The van der Waals surface area contributed by atoms with E-state index < -0.39 is 11.7 Å². The number of carbonyl (C=O) groups is 1. The molecule has 92 valence electrons. The lowest BCUT2D eigenvalue weighted by atomic mass is 10.2. The zero-order valence-corrected chi connectivity index (χ0v) is 9.50. The topological polar surface area (TPSA) is 67.2 Å². The van der Waals surface area contributed by atoms with Gasteiger partial charge in [-0.1, -0.05) is 0 Å². The Kier molecular flexibility index (Phi) is 3.58. The number of anilines is 1. The van der Waals surface area contributed by atoms with Crippen LogP contribution in [0.25, 0.3) is 0 Å². The molecule has 2 rings (SSSR count). The first-order chi connectivity index (χ1) is 8.16. The van der Waals surface area contributed by atoms with Crippen molar-refractivity contribution >= 4 is 11.6 Å².